The molecule has 0 radical (unpaired) electrons. The average molecular weight is 1190 g/mol. The summed E-state index contributed by atoms with van der Waals surface area (Å²) < 4.78 is 127. The summed E-state index contributed by atoms with van der Waals surface area (Å²) in [5, 5.41) is 44.0. The SMILES string of the molecule is Cc1cc(-c2ccc(Nc3nc(Cl)nc(Nc4ccc(-c5ccc(N=Nc6ccc7c(S(=O)(=O)O)cc(S(=O)(=O)O)c(N)c7c6O)c(C)c5)cc4C)n3)c(C)c2)ccc1N=Nc1ccc2c(S(=O)(=O)O)cc(S(C)(=O)=O)c(N)c2c1O. The molecule has 24 nitrogen and oxygen atoms in total. The molecule has 1 aromatic heterocycles. The lowest BCUT2D eigenvalue weighted by Gasteiger charge is -2.14. The van der Waals surface area contributed by atoms with E-state index < -0.39 is 88.0 Å². The molecule has 0 amide bonds. The first-order chi connectivity index (χ1) is 37.9. The molecule has 0 aliphatic carbocycles. The van der Waals surface area contributed by atoms with E-state index in [1.54, 1.807) is 32.0 Å². The quantitative estimate of drug-likeness (QED) is 0.0277. The Morgan fingerprint density at radius 3 is 1.14 bits per heavy atom. The van der Waals surface area contributed by atoms with Crippen LogP contribution in [0.4, 0.5) is 57.4 Å². The van der Waals surface area contributed by atoms with Crippen LogP contribution in [0, 0.1) is 27.7 Å². The van der Waals surface area contributed by atoms with Gasteiger partial charge in [-0.1, -0.05) is 36.4 Å². The van der Waals surface area contributed by atoms with Crippen LogP contribution in [0.2, 0.25) is 5.28 Å². The molecular formula is C52H44ClN11O13S4. The van der Waals surface area contributed by atoms with E-state index in [1.165, 1.54) is 18.2 Å². The number of phenolic OH excluding ortho intramolecular Hbond substituents is 2. The second kappa shape index (κ2) is 21.1. The lowest BCUT2D eigenvalue weighted by molar-refractivity contribution is 0.478. The Kier molecular flexibility index (Phi) is 14.8. The molecule has 11 N–H and O–H groups in total. The van der Waals surface area contributed by atoms with Crippen molar-refractivity contribution < 1.29 is 57.5 Å². The number of nitrogens with two attached hydrogens (primary N) is 2. The van der Waals surface area contributed by atoms with E-state index in [4.69, 9.17) is 23.1 Å². The number of hydrogen-bond donors (Lipinski definition) is 9. The zero-order valence-corrected chi connectivity index (χ0v) is 46.7. The lowest BCUT2D eigenvalue weighted by Crippen LogP contribution is -2.08. The van der Waals surface area contributed by atoms with Crippen LogP contribution in [0.1, 0.15) is 22.3 Å². The number of anilines is 6. The summed E-state index contributed by atoms with van der Waals surface area (Å²) in [7, 11) is -19.2. The summed E-state index contributed by atoms with van der Waals surface area (Å²) in [5.41, 5.74) is 19.1. The van der Waals surface area contributed by atoms with E-state index in [1.807, 2.05) is 68.4 Å². The van der Waals surface area contributed by atoms with Gasteiger partial charge in [0.05, 0.1) is 38.4 Å². The monoisotopic (exact) mass is 1190 g/mol. The maximum atomic E-state index is 12.5. The third-order valence-corrected chi connectivity index (χ3v) is 16.8. The molecule has 0 aliphatic rings. The maximum absolute atomic E-state index is 12.5. The number of benzene rings is 8. The van der Waals surface area contributed by atoms with E-state index in [2.05, 4.69) is 46.0 Å². The first kappa shape index (κ1) is 57.0. The Balaban J connectivity index is 0.881. The number of fused-ring (bicyclic) bond motifs is 2. The van der Waals surface area contributed by atoms with Crippen molar-refractivity contribution in [2.75, 3.05) is 28.4 Å². The molecule has 0 atom stereocenters. The number of azo groups is 2. The minimum absolute atomic E-state index is 0.0798. The molecule has 0 spiro atoms. The molecule has 9 rings (SSSR count). The van der Waals surface area contributed by atoms with E-state index in [-0.39, 0.29) is 44.7 Å². The van der Waals surface area contributed by atoms with Gasteiger partial charge in [0.25, 0.3) is 30.4 Å². The van der Waals surface area contributed by atoms with Crippen LogP contribution >= 0.6 is 11.6 Å². The summed E-state index contributed by atoms with van der Waals surface area (Å²) in [5.74, 6) is -1.08. The molecule has 0 aliphatic heterocycles. The molecule has 8 aromatic carbocycles. The second-order valence-corrected chi connectivity index (χ2v) is 24.9. The van der Waals surface area contributed by atoms with E-state index in [9.17, 15) is 57.5 Å². The van der Waals surface area contributed by atoms with Gasteiger partial charge in [0, 0.05) is 28.4 Å². The zero-order valence-electron chi connectivity index (χ0n) is 42.7. The number of nitrogens with one attached hydrogen (secondary N) is 2. The van der Waals surface area contributed by atoms with Crippen LogP contribution in [-0.2, 0) is 40.2 Å². The van der Waals surface area contributed by atoms with Crippen molar-refractivity contribution in [3.8, 4) is 33.8 Å². The van der Waals surface area contributed by atoms with Crippen molar-refractivity contribution in [1.29, 1.82) is 0 Å². The number of aromatic nitrogens is 3. The predicted molar refractivity (Wildman–Crippen MR) is 305 cm³/mol. The third-order valence-electron chi connectivity index (χ3n) is 12.8. The van der Waals surface area contributed by atoms with Crippen LogP contribution in [0.15, 0.2) is 149 Å². The van der Waals surface area contributed by atoms with Crippen LogP contribution in [0.5, 0.6) is 11.5 Å². The number of sulfone groups is 1. The van der Waals surface area contributed by atoms with Crippen LogP contribution < -0.4 is 22.1 Å². The molecule has 416 valence electrons. The molecule has 1 heterocycles. The van der Waals surface area contributed by atoms with Crippen molar-refractivity contribution in [1.82, 2.24) is 15.0 Å². The van der Waals surface area contributed by atoms with Crippen LogP contribution in [0.25, 0.3) is 43.8 Å². The van der Waals surface area contributed by atoms with Crippen molar-refractivity contribution >= 4 is 131 Å². The summed E-state index contributed by atoms with van der Waals surface area (Å²) in [6.07, 6.45) is 0.806. The Morgan fingerprint density at radius 1 is 0.444 bits per heavy atom. The maximum Gasteiger partial charge on any atom is 0.296 e. The highest BCUT2D eigenvalue weighted by atomic mass is 35.5. The normalized spacial score (nSPS) is 12.5. The van der Waals surface area contributed by atoms with Crippen LogP contribution in [-0.4, -0.2) is 78.8 Å². The lowest BCUT2D eigenvalue weighted by atomic mass is 10.00. The van der Waals surface area contributed by atoms with Crippen molar-refractivity contribution in [2.24, 2.45) is 20.5 Å². The minimum atomic E-state index is -5.09. The summed E-state index contributed by atoms with van der Waals surface area (Å²) in [4.78, 5) is 9.78. The number of phenols is 2. The molecule has 9 aromatic rings. The van der Waals surface area contributed by atoms with Gasteiger partial charge in [0.1, 0.15) is 26.1 Å². The fraction of sp³-hybridized carbons (Fsp3) is 0.0962. The molecular weight excluding hydrogens is 1150 g/mol. The van der Waals surface area contributed by atoms with E-state index >= 15 is 0 Å². The first-order valence-corrected chi connectivity index (χ1v) is 30.0. The first-order valence-electron chi connectivity index (χ1n) is 23.4. The molecule has 81 heavy (non-hydrogen) atoms. The van der Waals surface area contributed by atoms with Crippen molar-refractivity contribution in [2.45, 2.75) is 47.3 Å². The van der Waals surface area contributed by atoms with Crippen LogP contribution in [0.3, 0.4) is 0 Å². The molecule has 0 fully saturated rings. The molecule has 0 unspecified atom stereocenters. The Morgan fingerprint density at radius 2 is 0.778 bits per heavy atom. The number of nitrogen functional groups attached to an aromatic ring is 2. The fourth-order valence-electron chi connectivity index (χ4n) is 8.80. The third kappa shape index (κ3) is 11.7. The van der Waals surface area contributed by atoms with Gasteiger partial charge in [-0.05, 0) is 157 Å². The smallest absolute Gasteiger partial charge is 0.296 e. The predicted octanol–water partition coefficient (Wildman–Crippen LogP) is 11.4. The van der Waals surface area contributed by atoms with Gasteiger partial charge in [0.2, 0.25) is 17.2 Å². The van der Waals surface area contributed by atoms with Gasteiger partial charge in [-0.3, -0.25) is 13.7 Å². The van der Waals surface area contributed by atoms with E-state index in [0.29, 0.717) is 39.9 Å². The highest BCUT2D eigenvalue weighted by Crippen LogP contribution is 2.46. The van der Waals surface area contributed by atoms with Gasteiger partial charge in [-0.2, -0.15) is 50.4 Å². The molecule has 29 heteroatoms. The van der Waals surface area contributed by atoms with Crippen molar-refractivity contribution in [3.63, 3.8) is 0 Å². The number of nitrogens with zero attached hydrogens (tertiary/aromatic N) is 7. The standard InChI is InChI=1S/C52H44ClN11O13S4/c1-24-18-28(30-8-14-36(26(3)20-30)61-63-38-16-10-32-40(79(69,70)71)22-42(78(5,67)68)46(54)44(32)48(38)65)6-12-34(24)56-51-58-50(53)59-52(60-51)57-35-13-7-29(19-25(35)2)31-9-15-37(27(4)21-31)62-64-39-17-11-33-41(80(72,73)74)23-43(81(75,76)77)47(55)45(33)49(39)66/h6-23,65-66H,54-55H2,1-5H3,(H,69,70,71)(H,72,73,74)(H,75,76,77)(H2,56,57,58,59,60). The molecule has 0 saturated heterocycles. The molecule has 0 saturated carbocycles. The summed E-state index contributed by atoms with van der Waals surface area (Å²) in [6, 6.07) is 28.1. The van der Waals surface area contributed by atoms with Gasteiger partial charge in [0.15, 0.2) is 21.3 Å². The number of aryl methyl sites for hydroxylation is 4. The zero-order chi connectivity index (χ0) is 58.8. The summed E-state index contributed by atoms with van der Waals surface area (Å²) >= 11 is 6.39. The Labute approximate surface area is 467 Å². The summed E-state index contributed by atoms with van der Waals surface area (Å²) in [6.45, 7) is 7.36. The van der Waals surface area contributed by atoms with E-state index in [0.717, 1.165) is 51.8 Å². The number of rotatable bonds is 14. The highest BCUT2D eigenvalue weighted by Gasteiger charge is 2.28. The van der Waals surface area contributed by atoms with Crippen molar-refractivity contribution in [3.05, 3.63) is 137 Å². The number of halogens is 1. The number of aromatic hydroxyl groups is 2. The molecule has 0 bridgehead atoms. The fourth-order valence-corrected chi connectivity index (χ4v) is 12.0. The van der Waals surface area contributed by atoms with Gasteiger partial charge in [-0.15, -0.1) is 10.2 Å². The minimum Gasteiger partial charge on any atom is -0.505 e. The highest BCUT2D eigenvalue weighted by molar-refractivity contribution is 7.91. The Hall–Kier alpha value is -8.74. The largest absolute Gasteiger partial charge is 0.505 e. The Bertz CT molecular complexity index is 4430. The van der Waals surface area contributed by atoms with Gasteiger partial charge < -0.3 is 32.3 Å². The average Bonchev–Trinajstić information content (AvgIpc) is 3.48. The number of hydrogen-bond acceptors (Lipinski definition) is 21. The van der Waals surface area contributed by atoms with Gasteiger partial charge >= 0.3 is 0 Å². The topological polar surface area (TPSA) is 402 Å². The second-order valence-electron chi connectivity index (χ2n) is 18.4. The van der Waals surface area contributed by atoms with Gasteiger partial charge in [-0.25, -0.2) is 8.42 Å².